The lowest BCUT2D eigenvalue weighted by Crippen LogP contribution is -2.22. The Morgan fingerprint density at radius 3 is 2.82 bits per heavy atom. The van der Waals surface area contributed by atoms with Crippen molar-refractivity contribution in [3.05, 3.63) is 53.8 Å². The van der Waals surface area contributed by atoms with Crippen LogP contribution in [0.5, 0.6) is 5.75 Å². The van der Waals surface area contributed by atoms with E-state index < -0.39 is 0 Å². The molecule has 1 heterocycles. The van der Waals surface area contributed by atoms with Gasteiger partial charge in [0.15, 0.2) is 4.34 Å². The van der Waals surface area contributed by atoms with Crippen LogP contribution in [0.15, 0.2) is 46.8 Å². The van der Waals surface area contributed by atoms with Crippen LogP contribution in [-0.4, -0.2) is 28.5 Å². The second-order valence-electron chi connectivity index (χ2n) is 5.96. The molecular formula is C19H19FN4O2S2. The molecular weight excluding hydrogens is 399 g/mol. The molecule has 0 bridgehead atoms. The number of aromatic nitrogens is 2. The fourth-order valence-electron chi connectivity index (χ4n) is 2.36. The Hall–Kier alpha value is -2.65. The first-order chi connectivity index (χ1) is 13.4. The molecule has 146 valence electrons. The molecule has 2 N–H and O–H groups in total. The van der Waals surface area contributed by atoms with Gasteiger partial charge < -0.3 is 15.4 Å². The van der Waals surface area contributed by atoms with Crippen LogP contribution in [0.3, 0.4) is 0 Å². The molecule has 0 aliphatic carbocycles. The lowest BCUT2D eigenvalue weighted by atomic mass is 10.2. The maximum atomic E-state index is 13.3. The van der Waals surface area contributed by atoms with Crippen molar-refractivity contribution in [2.24, 2.45) is 0 Å². The number of nitrogens with one attached hydrogen (secondary N) is 2. The summed E-state index contributed by atoms with van der Waals surface area (Å²) in [4.78, 5) is 12.5. The van der Waals surface area contributed by atoms with Gasteiger partial charge in [-0.15, -0.1) is 10.2 Å². The molecule has 0 saturated heterocycles. The van der Waals surface area contributed by atoms with E-state index in [0.717, 1.165) is 5.56 Å². The van der Waals surface area contributed by atoms with Crippen LogP contribution < -0.4 is 15.4 Å². The minimum atomic E-state index is -0.389. The van der Waals surface area contributed by atoms with Crippen molar-refractivity contribution in [2.75, 3.05) is 17.7 Å². The second-order valence-corrected chi connectivity index (χ2v) is 8.53. The lowest BCUT2D eigenvalue weighted by molar-refractivity contribution is -0.115. The molecule has 1 aromatic heterocycles. The van der Waals surface area contributed by atoms with Crippen molar-refractivity contribution in [1.82, 2.24) is 10.2 Å². The quantitative estimate of drug-likeness (QED) is 0.534. The Morgan fingerprint density at radius 2 is 2.07 bits per heavy atom. The van der Waals surface area contributed by atoms with Crippen molar-refractivity contribution in [1.29, 1.82) is 0 Å². The maximum absolute atomic E-state index is 13.3. The van der Waals surface area contributed by atoms with E-state index in [-0.39, 0.29) is 17.0 Å². The standard InChI is InChI=1S/C19H19FN4O2S2/c1-11-7-8-16(26-3)15(9-11)22-17(25)12(2)27-19-24-23-18(28-19)21-14-6-4-5-13(20)10-14/h4-10,12H,1-3H3,(H,21,23)(H,22,25)/t12-/m0/s1. The average Bonchev–Trinajstić information content (AvgIpc) is 3.08. The van der Waals surface area contributed by atoms with Gasteiger partial charge in [-0.3, -0.25) is 4.79 Å². The number of aryl methyl sites for hydroxylation is 1. The molecule has 6 nitrogen and oxygen atoms in total. The van der Waals surface area contributed by atoms with Crippen LogP contribution in [0.2, 0.25) is 0 Å². The molecule has 3 rings (SSSR count). The second kappa shape index (κ2) is 9.03. The SMILES string of the molecule is COc1ccc(C)cc1NC(=O)[C@H](C)Sc1nnc(Nc2cccc(F)c2)s1. The van der Waals surface area contributed by atoms with Gasteiger partial charge in [-0.25, -0.2) is 4.39 Å². The number of hydrogen-bond donors (Lipinski definition) is 2. The summed E-state index contributed by atoms with van der Waals surface area (Å²) in [6, 6.07) is 11.7. The third-order valence-electron chi connectivity index (χ3n) is 3.74. The molecule has 0 fully saturated rings. The number of benzene rings is 2. The van der Waals surface area contributed by atoms with Crippen LogP contribution >= 0.6 is 23.1 Å². The number of ether oxygens (including phenoxy) is 1. The summed E-state index contributed by atoms with van der Waals surface area (Å²) in [5.41, 5.74) is 2.24. The van der Waals surface area contributed by atoms with Gasteiger partial charge in [0.05, 0.1) is 18.0 Å². The van der Waals surface area contributed by atoms with Crippen LogP contribution in [0.1, 0.15) is 12.5 Å². The van der Waals surface area contributed by atoms with Crippen molar-refractivity contribution in [3.8, 4) is 5.75 Å². The number of hydrogen-bond acceptors (Lipinski definition) is 7. The Kier molecular flexibility index (Phi) is 6.48. The summed E-state index contributed by atoms with van der Waals surface area (Å²) < 4.78 is 19.2. The van der Waals surface area contributed by atoms with Gasteiger partial charge >= 0.3 is 0 Å². The van der Waals surface area contributed by atoms with Gasteiger partial charge in [-0.05, 0) is 49.7 Å². The highest BCUT2D eigenvalue weighted by Gasteiger charge is 2.19. The van der Waals surface area contributed by atoms with E-state index in [0.29, 0.717) is 26.6 Å². The topological polar surface area (TPSA) is 76.1 Å². The molecule has 0 spiro atoms. The Bertz CT molecular complexity index is 980. The summed E-state index contributed by atoms with van der Waals surface area (Å²) in [6.07, 6.45) is 0. The van der Waals surface area contributed by atoms with E-state index in [1.165, 1.54) is 35.2 Å². The minimum absolute atomic E-state index is 0.163. The van der Waals surface area contributed by atoms with Crippen molar-refractivity contribution >= 4 is 45.5 Å². The molecule has 1 atom stereocenters. The zero-order valence-electron chi connectivity index (χ0n) is 15.5. The number of carbonyl (C=O) groups excluding carboxylic acids is 1. The summed E-state index contributed by atoms with van der Waals surface area (Å²) in [5, 5.41) is 14.2. The third-order valence-corrected chi connectivity index (χ3v) is 5.76. The van der Waals surface area contributed by atoms with Crippen LogP contribution in [0.4, 0.5) is 20.9 Å². The fraction of sp³-hybridized carbons (Fsp3) is 0.211. The zero-order valence-corrected chi connectivity index (χ0v) is 17.2. The summed E-state index contributed by atoms with van der Waals surface area (Å²) in [6.45, 7) is 3.74. The highest BCUT2D eigenvalue weighted by atomic mass is 32.2. The van der Waals surface area contributed by atoms with E-state index in [2.05, 4.69) is 20.8 Å². The first kappa shape index (κ1) is 20.1. The molecule has 3 aromatic rings. The van der Waals surface area contributed by atoms with Crippen molar-refractivity contribution in [2.45, 2.75) is 23.4 Å². The number of thioether (sulfide) groups is 1. The largest absolute Gasteiger partial charge is 0.495 e. The van der Waals surface area contributed by atoms with Crippen LogP contribution in [0, 0.1) is 12.7 Å². The van der Waals surface area contributed by atoms with Crippen molar-refractivity contribution < 1.29 is 13.9 Å². The molecule has 9 heteroatoms. The predicted molar refractivity (Wildman–Crippen MR) is 111 cm³/mol. The molecule has 0 radical (unpaired) electrons. The molecule has 0 saturated carbocycles. The van der Waals surface area contributed by atoms with Gasteiger partial charge in [0.1, 0.15) is 11.6 Å². The number of anilines is 3. The third kappa shape index (κ3) is 5.20. The average molecular weight is 419 g/mol. The minimum Gasteiger partial charge on any atom is -0.495 e. The molecule has 1 amide bonds. The van der Waals surface area contributed by atoms with Gasteiger partial charge in [0.25, 0.3) is 0 Å². The van der Waals surface area contributed by atoms with Crippen LogP contribution in [-0.2, 0) is 4.79 Å². The Morgan fingerprint density at radius 1 is 1.25 bits per heavy atom. The van der Waals surface area contributed by atoms with Crippen LogP contribution in [0.25, 0.3) is 0 Å². The van der Waals surface area contributed by atoms with Crippen molar-refractivity contribution in [3.63, 3.8) is 0 Å². The van der Waals surface area contributed by atoms with E-state index in [1.54, 1.807) is 26.2 Å². The van der Waals surface area contributed by atoms with Gasteiger partial charge in [0, 0.05) is 5.69 Å². The summed E-state index contributed by atoms with van der Waals surface area (Å²) >= 11 is 2.60. The van der Waals surface area contributed by atoms with Gasteiger partial charge in [-0.2, -0.15) is 0 Å². The summed E-state index contributed by atoms with van der Waals surface area (Å²) in [7, 11) is 1.56. The molecule has 0 aliphatic heterocycles. The molecule has 2 aromatic carbocycles. The number of rotatable bonds is 7. The number of halogens is 1. The van der Waals surface area contributed by atoms with Gasteiger partial charge in [-0.1, -0.05) is 35.2 Å². The lowest BCUT2D eigenvalue weighted by Gasteiger charge is -2.13. The highest BCUT2D eigenvalue weighted by Crippen LogP contribution is 2.32. The first-order valence-corrected chi connectivity index (χ1v) is 10.1. The van der Waals surface area contributed by atoms with Gasteiger partial charge in [0.2, 0.25) is 11.0 Å². The normalized spacial score (nSPS) is 11.7. The Labute approximate surface area is 170 Å². The van der Waals surface area contributed by atoms with E-state index >= 15 is 0 Å². The predicted octanol–water partition coefficient (Wildman–Crippen LogP) is 4.86. The Balaban J connectivity index is 1.62. The number of methoxy groups -OCH3 is 1. The number of carbonyl (C=O) groups is 1. The molecule has 28 heavy (non-hydrogen) atoms. The number of nitrogens with zero attached hydrogens (tertiary/aromatic N) is 2. The van der Waals surface area contributed by atoms with E-state index in [1.807, 2.05) is 25.1 Å². The summed E-state index contributed by atoms with van der Waals surface area (Å²) in [5.74, 6) is 0.110. The smallest absolute Gasteiger partial charge is 0.237 e. The fourth-order valence-corrected chi connectivity index (χ4v) is 4.27. The van der Waals surface area contributed by atoms with E-state index in [4.69, 9.17) is 4.74 Å². The monoisotopic (exact) mass is 418 g/mol. The molecule has 0 unspecified atom stereocenters. The highest BCUT2D eigenvalue weighted by molar-refractivity contribution is 8.02. The van der Waals surface area contributed by atoms with E-state index in [9.17, 15) is 9.18 Å². The zero-order chi connectivity index (χ0) is 20.1. The molecule has 0 aliphatic rings. The maximum Gasteiger partial charge on any atom is 0.237 e. The first-order valence-electron chi connectivity index (χ1n) is 8.43. The number of amides is 1.